The summed E-state index contributed by atoms with van der Waals surface area (Å²) >= 11 is 0. The Morgan fingerprint density at radius 1 is 1.02 bits per heavy atom. The molecule has 0 spiro atoms. The van der Waals surface area contributed by atoms with Gasteiger partial charge in [-0.3, -0.25) is 4.79 Å². The zero-order chi connectivity index (χ0) is 36.1. The number of halogens is 3. The molecule has 1 amide bonds. The smallest absolute Gasteiger partial charge is 0.406 e. The Morgan fingerprint density at radius 2 is 1.72 bits per heavy atom. The van der Waals surface area contributed by atoms with Crippen molar-refractivity contribution in [1.82, 2.24) is 29.6 Å². The van der Waals surface area contributed by atoms with Gasteiger partial charge in [0.25, 0.3) is 0 Å². The number of rotatable bonds is 11. The summed E-state index contributed by atoms with van der Waals surface area (Å²) in [5, 5.41) is 2.80. The Kier molecular flexibility index (Phi) is 13.2. The van der Waals surface area contributed by atoms with Crippen LogP contribution in [0, 0.1) is 0 Å². The lowest BCUT2D eigenvalue weighted by atomic mass is 10.0. The maximum absolute atomic E-state index is 12.8. The van der Waals surface area contributed by atoms with Gasteiger partial charge in [-0.15, -0.1) is 13.2 Å². The molecule has 0 unspecified atom stereocenters. The van der Waals surface area contributed by atoms with E-state index in [-0.39, 0.29) is 23.9 Å². The highest BCUT2D eigenvalue weighted by Gasteiger charge is 2.32. The summed E-state index contributed by atoms with van der Waals surface area (Å²) in [4.78, 5) is 29.3. The van der Waals surface area contributed by atoms with Crippen molar-refractivity contribution in [1.29, 1.82) is 0 Å². The third kappa shape index (κ3) is 10.9. The van der Waals surface area contributed by atoms with Crippen LogP contribution in [-0.2, 0) is 21.4 Å². The van der Waals surface area contributed by atoms with Crippen LogP contribution in [0.5, 0.6) is 5.75 Å². The highest BCUT2D eigenvalue weighted by Crippen LogP contribution is 2.26. The van der Waals surface area contributed by atoms with E-state index in [1.165, 1.54) is 28.7 Å². The Balaban J connectivity index is 0.000000246. The SMILES string of the molecule is C=C/C=C\C/C=C(\CC)c1ccc(CNC(C)=O)cc1.O=S(=O)(c1ccc(OC(F)(F)F)cc1)N1CCN(c2cnc3cncnc3n2)CC1. The van der Waals surface area contributed by atoms with Crippen molar-refractivity contribution in [3.63, 3.8) is 0 Å². The first-order valence-electron chi connectivity index (χ1n) is 15.7. The molecule has 1 N–H and O–H groups in total. The van der Waals surface area contributed by atoms with Crippen molar-refractivity contribution >= 4 is 38.5 Å². The number of aromatic nitrogens is 4. The molecule has 1 fully saturated rings. The number of fused-ring (bicyclic) bond motifs is 1. The van der Waals surface area contributed by atoms with Crippen LogP contribution in [0.15, 0.2) is 103 Å². The number of anilines is 1. The standard InChI is InChI=1S/C18H23NO.C17H15F3N6O3S/c1-4-6-7-8-9-17(5-2)18-12-10-16(11-13-18)14-19-15(3)20;18-17(19,20)29-12-1-3-13(4-2-12)30(27,28)26-7-5-25(6-8-26)15-10-22-14-9-21-11-23-16(14)24-15/h4,6-7,9-13H,1,5,8,14H2,2-3H3,(H,19,20);1-4,9-11H,5-8H2/b7-6-,17-9+;. The molecule has 0 aliphatic carbocycles. The molecule has 0 radical (unpaired) electrons. The normalized spacial score (nSPS) is 14.3. The summed E-state index contributed by atoms with van der Waals surface area (Å²) in [6.45, 7) is 9.06. The van der Waals surface area contributed by atoms with E-state index in [1.54, 1.807) is 18.5 Å². The van der Waals surface area contributed by atoms with Gasteiger partial charge < -0.3 is 15.0 Å². The Morgan fingerprint density at radius 3 is 2.34 bits per heavy atom. The second-order valence-corrected chi connectivity index (χ2v) is 12.9. The molecule has 2 aromatic carbocycles. The molecule has 0 atom stereocenters. The van der Waals surface area contributed by atoms with E-state index in [9.17, 15) is 26.4 Å². The van der Waals surface area contributed by atoms with Crippen LogP contribution in [0.4, 0.5) is 19.0 Å². The molecule has 1 aliphatic heterocycles. The molecular weight excluding hydrogens is 671 g/mol. The first kappa shape index (κ1) is 37.7. The first-order valence-corrected chi connectivity index (χ1v) is 17.2. The van der Waals surface area contributed by atoms with Crippen LogP contribution >= 0.6 is 0 Å². The average molecular weight is 710 g/mol. The topological polar surface area (TPSA) is 131 Å². The van der Waals surface area contributed by atoms with Gasteiger partial charge >= 0.3 is 6.36 Å². The fourth-order valence-electron chi connectivity index (χ4n) is 4.94. The van der Waals surface area contributed by atoms with Gasteiger partial charge in [-0.2, -0.15) is 4.31 Å². The van der Waals surface area contributed by atoms with Crippen molar-refractivity contribution in [2.45, 2.75) is 44.5 Å². The van der Waals surface area contributed by atoms with E-state index < -0.39 is 22.1 Å². The number of alkyl halides is 3. The number of hydrogen-bond acceptors (Lipinski definition) is 9. The number of ether oxygens (including phenoxy) is 1. The number of carbonyl (C=O) groups is 1. The van der Waals surface area contributed by atoms with E-state index in [2.05, 4.69) is 79.9 Å². The van der Waals surface area contributed by atoms with Crippen molar-refractivity contribution < 1.29 is 31.1 Å². The number of benzene rings is 2. The lowest BCUT2D eigenvalue weighted by Crippen LogP contribution is -2.48. The molecule has 0 bridgehead atoms. The molecule has 15 heteroatoms. The molecule has 11 nitrogen and oxygen atoms in total. The zero-order valence-corrected chi connectivity index (χ0v) is 28.5. The van der Waals surface area contributed by atoms with Crippen molar-refractivity contribution in [3.05, 3.63) is 109 Å². The minimum absolute atomic E-state index is 0.00257. The van der Waals surface area contributed by atoms with Gasteiger partial charge in [0, 0.05) is 39.6 Å². The van der Waals surface area contributed by atoms with Crippen LogP contribution in [-0.4, -0.2) is 71.1 Å². The third-order valence-corrected chi connectivity index (χ3v) is 9.40. The van der Waals surface area contributed by atoms with Crippen LogP contribution in [0.1, 0.15) is 37.8 Å². The lowest BCUT2D eigenvalue weighted by Gasteiger charge is -2.34. The zero-order valence-electron chi connectivity index (χ0n) is 27.7. The number of piperazine rings is 1. The van der Waals surface area contributed by atoms with Gasteiger partial charge in [0.15, 0.2) is 5.65 Å². The van der Waals surface area contributed by atoms with Gasteiger partial charge in [-0.05, 0) is 53.8 Å². The van der Waals surface area contributed by atoms with Crippen molar-refractivity contribution in [2.24, 2.45) is 0 Å². The highest BCUT2D eigenvalue weighted by molar-refractivity contribution is 7.89. The van der Waals surface area contributed by atoms with Crippen LogP contribution in [0.2, 0.25) is 0 Å². The molecule has 0 saturated carbocycles. The van der Waals surface area contributed by atoms with E-state index >= 15 is 0 Å². The average Bonchev–Trinajstić information content (AvgIpc) is 3.11. The summed E-state index contributed by atoms with van der Waals surface area (Å²) in [5.74, 6) is 0.0917. The van der Waals surface area contributed by atoms with Crippen molar-refractivity contribution in [3.8, 4) is 5.75 Å². The molecule has 5 rings (SSSR count). The number of nitrogens with one attached hydrogen (secondary N) is 1. The summed E-state index contributed by atoms with van der Waals surface area (Å²) < 4.78 is 67.4. The Hall–Kier alpha value is -5.15. The maximum Gasteiger partial charge on any atom is 0.573 e. The second-order valence-electron chi connectivity index (χ2n) is 11.0. The number of nitrogens with zero attached hydrogens (tertiary/aromatic N) is 6. The first-order chi connectivity index (χ1) is 23.9. The van der Waals surface area contributed by atoms with Crippen LogP contribution < -0.4 is 15.0 Å². The number of sulfonamides is 1. The molecular formula is C35H38F3N7O4S. The molecule has 1 aliphatic rings. The molecule has 264 valence electrons. The monoisotopic (exact) mass is 709 g/mol. The highest BCUT2D eigenvalue weighted by atomic mass is 32.2. The van der Waals surface area contributed by atoms with E-state index in [0.29, 0.717) is 36.6 Å². The van der Waals surface area contributed by atoms with Gasteiger partial charge in [0.1, 0.15) is 23.4 Å². The summed E-state index contributed by atoms with van der Waals surface area (Å²) in [6, 6.07) is 12.5. The number of hydrogen-bond donors (Lipinski definition) is 1. The predicted molar refractivity (Wildman–Crippen MR) is 185 cm³/mol. The summed E-state index contributed by atoms with van der Waals surface area (Å²) in [7, 11) is -3.85. The van der Waals surface area contributed by atoms with E-state index in [4.69, 9.17) is 0 Å². The van der Waals surface area contributed by atoms with Gasteiger partial charge in [-0.25, -0.2) is 28.4 Å². The molecule has 50 heavy (non-hydrogen) atoms. The van der Waals surface area contributed by atoms with Crippen molar-refractivity contribution in [2.75, 3.05) is 31.1 Å². The molecule has 1 saturated heterocycles. The largest absolute Gasteiger partial charge is 0.573 e. The number of carbonyl (C=O) groups excluding carboxylic acids is 1. The fourth-order valence-corrected chi connectivity index (χ4v) is 6.37. The summed E-state index contributed by atoms with van der Waals surface area (Å²) in [5.41, 5.74) is 4.70. The minimum atomic E-state index is -4.84. The number of amides is 1. The molecule has 4 aromatic rings. The second kappa shape index (κ2) is 17.5. The molecule has 3 heterocycles. The lowest BCUT2D eigenvalue weighted by molar-refractivity contribution is -0.274. The number of allylic oxidation sites excluding steroid dienone is 5. The summed E-state index contributed by atoms with van der Waals surface area (Å²) in [6.07, 6.45) is 9.66. The minimum Gasteiger partial charge on any atom is -0.406 e. The third-order valence-electron chi connectivity index (χ3n) is 7.49. The quantitative estimate of drug-likeness (QED) is 0.184. The van der Waals surface area contributed by atoms with E-state index in [1.807, 2.05) is 11.0 Å². The Bertz CT molecular complexity index is 1910. The van der Waals surface area contributed by atoms with Gasteiger partial charge in [-0.1, -0.05) is 62.1 Å². The maximum atomic E-state index is 12.8. The Labute approximate surface area is 289 Å². The van der Waals surface area contributed by atoms with Crippen LogP contribution in [0.3, 0.4) is 0 Å². The fraction of sp³-hybridized carbons (Fsp3) is 0.286. The predicted octanol–water partition coefficient (Wildman–Crippen LogP) is 6.08. The van der Waals surface area contributed by atoms with Crippen LogP contribution in [0.25, 0.3) is 16.7 Å². The van der Waals surface area contributed by atoms with E-state index in [0.717, 1.165) is 42.7 Å². The van der Waals surface area contributed by atoms with Gasteiger partial charge in [0.05, 0.1) is 17.3 Å². The van der Waals surface area contributed by atoms with Gasteiger partial charge in [0.2, 0.25) is 15.9 Å². The molecule has 2 aromatic heterocycles.